The molecule has 0 saturated heterocycles. The van der Waals surface area contributed by atoms with Gasteiger partial charge in [0.05, 0.1) is 0 Å². The normalized spacial score (nSPS) is 13.8. The summed E-state index contributed by atoms with van der Waals surface area (Å²) in [5, 5.41) is 0.264. The first-order valence-corrected chi connectivity index (χ1v) is 12.1. The number of carbonyl (C=O) groups excluding carboxylic acids is 1. The summed E-state index contributed by atoms with van der Waals surface area (Å²) in [5.74, 6) is -0.263. The van der Waals surface area contributed by atoms with Gasteiger partial charge in [0.2, 0.25) is 0 Å². The third-order valence-electron chi connectivity index (χ3n) is 4.77. The molecule has 1 atom stereocenters. The van der Waals surface area contributed by atoms with Crippen LogP contribution in [-0.4, -0.2) is 20.9 Å². The molecule has 0 amide bonds. The summed E-state index contributed by atoms with van der Waals surface area (Å²) in [6, 6.07) is 9.83. The molecule has 0 fully saturated rings. The van der Waals surface area contributed by atoms with Crippen LogP contribution in [-0.2, 0) is 14.0 Å². The van der Waals surface area contributed by atoms with Crippen molar-refractivity contribution in [3.63, 3.8) is 0 Å². The monoisotopic (exact) mass is 362 g/mol. The number of esters is 1. The van der Waals surface area contributed by atoms with Gasteiger partial charge in [0.1, 0.15) is 6.10 Å². The molecule has 0 N–H and O–H groups in total. The molecule has 0 aliphatic rings. The van der Waals surface area contributed by atoms with Crippen molar-refractivity contribution in [3.8, 4) is 0 Å². The Kier molecular flexibility index (Phi) is 8.60. The van der Waals surface area contributed by atoms with Gasteiger partial charge in [0.25, 0.3) is 0 Å². The average Bonchev–Trinajstić information content (AvgIpc) is 2.52. The van der Waals surface area contributed by atoms with E-state index in [1.807, 2.05) is 36.4 Å². The van der Waals surface area contributed by atoms with Gasteiger partial charge in [0.15, 0.2) is 8.32 Å². The van der Waals surface area contributed by atoms with Crippen LogP contribution in [0.4, 0.5) is 0 Å². The Morgan fingerprint density at radius 2 is 1.80 bits per heavy atom. The number of unbranched alkanes of at least 4 members (excludes halogenated alkanes) is 2. The van der Waals surface area contributed by atoms with Gasteiger partial charge in [0, 0.05) is 13.5 Å². The molecule has 0 aromatic heterocycles. The van der Waals surface area contributed by atoms with Gasteiger partial charge >= 0.3 is 5.97 Å². The highest BCUT2D eigenvalue weighted by Crippen LogP contribution is 2.36. The summed E-state index contributed by atoms with van der Waals surface area (Å²) in [6.45, 7) is 13.6. The van der Waals surface area contributed by atoms with E-state index in [2.05, 4.69) is 39.9 Å². The van der Waals surface area contributed by atoms with E-state index < -0.39 is 8.32 Å². The molecule has 1 aromatic carbocycles. The van der Waals surface area contributed by atoms with E-state index in [0.717, 1.165) is 31.4 Å². The molecule has 3 nitrogen and oxygen atoms in total. The lowest BCUT2D eigenvalue weighted by molar-refractivity contribution is -0.144. The first-order chi connectivity index (χ1) is 11.6. The Bertz CT molecular complexity index is 544. The second kappa shape index (κ2) is 9.93. The number of allylic oxidation sites excluding steroid dienone is 1. The van der Waals surface area contributed by atoms with Crippen molar-refractivity contribution in [2.24, 2.45) is 0 Å². The Morgan fingerprint density at radius 1 is 1.16 bits per heavy atom. The van der Waals surface area contributed by atoms with E-state index in [0.29, 0.717) is 0 Å². The molecule has 0 heterocycles. The molecule has 0 bridgehead atoms. The first-order valence-electron chi connectivity index (χ1n) is 9.16. The first kappa shape index (κ1) is 21.6. The van der Waals surface area contributed by atoms with E-state index in [4.69, 9.17) is 9.16 Å². The molecule has 0 aliphatic heterocycles. The smallest absolute Gasteiger partial charge is 0.303 e. The third kappa shape index (κ3) is 8.02. The van der Waals surface area contributed by atoms with Crippen LogP contribution in [0.3, 0.4) is 0 Å². The SMILES string of the molecule is CC(=O)OC(/C=C/CCCCO[Si](C)(C)C(C)(C)C)c1ccccc1. The van der Waals surface area contributed by atoms with Crippen LogP contribution in [0.2, 0.25) is 18.1 Å². The maximum atomic E-state index is 11.3. The average molecular weight is 363 g/mol. The largest absolute Gasteiger partial charge is 0.453 e. The fourth-order valence-electron chi connectivity index (χ4n) is 2.17. The molecule has 140 valence electrons. The van der Waals surface area contributed by atoms with Crippen molar-refractivity contribution in [1.82, 2.24) is 0 Å². The number of carbonyl (C=O) groups is 1. The second-order valence-corrected chi connectivity index (χ2v) is 12.8. The summed E-state index contributed by atoms with van der Waals surface area (Å²) in [4.78, 5) is 11.3. The molecule has 0 aliphatic carbocycles. The highest BCUT2D eigenvalue weighted by atomic mass is 28.4. The van der Waals surface area contributed by atoms with Crippen molar-refractivity contribution in [2.45, 2.75) is 71.2 Å². The van der Waals surface area contributed by atoms with Crippen molar-refractivity contribution >= 4 is 14.3 Å². The van der Waals surface area contributed by atoms with Crippen molar-refractivity contribution in [2.75, 3.05) is 6.61 Å². The Hall–Kier alpha value is -1.39. The number of benzene rings is 1. The van der Waals surface area contributed by atoms with Gasteiger partial charge < -0.3 is 9.16 Å². The maximum absolute atomic E-state index is 11.3. The van der Waals surface area contributed by atoms with E-state index >= 15 is 0 Å². The minimum atomic E-state index is -1.63. The zero-order chi connectivity index (χ0) is 18.9. The Morgan fingerprint density at radius 3 is 2.36 bits per heavy atom. The van der Waals surface area contributed by atoms with E-state index in [9.17, 15) is 4.79 Å². The molecule has 1 unspecified atom stereocenters. The minimum Gasteiger partial charge on any atom is -0.453 e. The lowest BCUT2D eigenvalue weighted by atomic mass is 10.1. The van der Waals surface area contributed by atoms with Crippen molar-refractivity contribution in [3.05, 3.63) is 48.0 Å². The van der Waals surface area contributed by atoms with Crippen LogP contribution in [0.15, 0.2) is 42.5 Å². The van der Waals surface area contributed by atoms with E-state index in [-0.39, 0.29) is 17.1 Å². The molecule has 0 radical (unpaired) electrons. The standard InChI is InChI=1S/C21H34O3Si/c1-18(22)24-20(19-14-10-9-11-15-19)16-12-7-8-13-17-23-25(5,6)21(2,3)4/h9-12,14-16,20H,7-8,13,17H2,1-6H3/b16-12+. The van der Waals surface area contributed by atoms with Gasteiger partial charge in [-0.05, 0) is 49.0 Å². The summed E-state index contributed by atoms with van der Waals surface area (Å²) in [6.07, 6.45) is 6.87. The molecule has 1 rings (SSSR count). The highest BCUT2D eigenvalue weighted by molar-refractivity contribution is 6.74. The van der Waals surface area contributed by atoms with Gasteiger partial charge in [-0.2, -0.15) is 0 Å². The second-order valence-electron chi connectivity index (χ2n) is 7.97. The minimum absolute atomic E-state index is 0.263. The number of hydrogen-bond acceptors (Lipinski definition) is 3. The van der Waals surface area contributed by atoms with Gasteiger partial charge in [-0.15, -0.1) is 0 Å². The molecule has 1 aromatic rings. The summed E-state index contributed by atoms with van der Waals surface area (Å²) in [5.41, 5.74) is 0.996. The zero-order valence-electron chi connectivity index (χ0n) is 16.7. The van der Waals surface area contributed by atoms with E-state index in [1.54, 1.807) is 0 Å². The Balaban J connectivity index is 2.39. The quantitative estimate of drug-likeness (QED) is 0.232. The van der Waals surface area contributed by atoms with Crippen LogP contribution >= 0.6 is 0 Å². The zero-order valence-corrected chi connectivity index (χ0v) is 17.7. The summed E-state index contributed by atoms with van der Waals surface area (Å²) >= 11 is 0. The number of ether oxygens (including phenoxy) is 1. The van der Waals surface area contributed by atoms with Crippen LogP contribution in [0.1, 0.15) is 58.6 Å². The maximum Gasteiger partial charge on any atom is 0.303 e. The predicted octanol–water partition coefficient (Wildman–Crippen LogP) is 6.04. The molecule has 0 saturated carbocycles. The van der Waals surface area contributed by atoms with Gasteiger partial charge in [-0.1, -0.05) is 57.2 Å². The van der Waals surface area contributed by atoms with Gasteiger partial charge in [-0.25, -0.2) is 0 Å². The summed E-state index contributed by atoms with van der Waals surface area (Å²) in [7, 11) is -1.63. The van der Waals surface area contributed by atoms with Crippen LogP contribution in [0, 0.1) is 0 Å². The van der Waals surface area contributed by atoms with Crippen molar-refractivity contribution < 1.29 is 14.0 Å². The van der Waals surface area contributed by atoms with Crippen LogP contribution < -0.4 is 0 Å². The van der Waals surface area contributed by atoms with Gasteiger partial charge in [-0.3, -0.25) is 4.79 Å². The molecule has 0 spiro atoms. The van der Waals surface area contributed by atoms with Crippen LogP contribution in [0.5, 0.6) is 0 Å². The predicted molar refractivity (Wildman–Crippen MR) is 107 cm³/mol. The highest BCUT2D eigenvalue weighted by Gasteiger charge is 2.36. The van der Waals surface area contributed by atoms with E-state index in [1.165, 1.54) is 6.92 Å². The molecular weight excluding hydrogens is 328 g/mol. The Labute approximate surface area is 154 Å². The fourth-order valence-corrected chi connectivity index (χ4v) is 3.26. The number of hydrogen-bond donors (Lipinski definition) is 0. The molecule has 25 heavy (non-hydrogen) atoms. The van der Waals surface area contributed by atoms with Crippen LogP contribution in [0.25, 0.3) is 0 Å². The fraction of sp³-hybridized carbons (Fsp3) is 0.571. The third-order valence-corrected chi connectivity index (χ3v) is 9.30. The molecule has 4 heteroatoms. The molecular formula is C21H34O3Si. The lowest BCUT2D eigenvalue weighted by Crippen LogP contribution is -2.40. The topological polar surface area (TPSA) is 35.5 Å². The number of rotatable bonds is 9. The lowest BCUT2D eigenvalue weighted by Gasteiger charge is -2.36. The summed E-state index contributed by atoms with van der Waals surface area (Å²) < 4.78 is 11.6. The van der Waals surface area contributed by atoms with Crippen molar-refractivity contribution in [1.29, 1.82) is 0 Å².